The molecule has 22 heavy (non-hydrogen) atoms. The molecule has 2 aromatic carbocycles. The average molecular weight is 293 g/mol. The summed E-state index contributed by atoms with van der Waals surface area (Å²) in [4.78, 5) is 39.2. The van der Waals surface area contributed by atoms with Crippen LogP contribution in [0.2, 0.25) is 0 Å². The summed E-state index contributed by atoms with van der Waals surface area (Å²) < 4.78 is 0. The first kappa shape index (κ1) is 13.9. The number of fused-ring (bicyclic) bond motifs is 1. The van der Waals surface area contributed by atoms with Crippen molar-refractivity contribution >= 4 is 29.4 Å². The third-order valence-electron chi connectivity index (χ3n) is 3.51. The fourth-order valence-electron chi connectivity index (χ4n) is 2.35. The number of aliphatic imine (C=N–C) groups is 1. The summed E-state index contributed by atoms with van der Waals surface area (Å²) in [5.74, 6) is -2.44. The number of ketones is 2. The van der Waals surface area contributed by atoms with Crippen LogP contribution >= 0.6 is 0 Å². The summed E-state index contributed by atoms with van der Waals surface area (Å²) in [6.45, 7) is 0. The second kappa shape index (κ2) is 5.37. The van der Waals surface area contributed by atoms with Crippen molar-refractivity contribution in [3.8, 4) is 0 Å². The third-order valence-corrected chi connectivity index (χ3v) is 3.51. The van der Waals surface area contributed by atoms with Crippen molar-refractivity contribution in [3.05, 3.63) is 65.2 Å². The van der Waals surface area contributed by atoms with E-state index in [0.29, 0.717) is 16.8 Å². The minimum Gasteiger partial charge on any atom is -0.478 e. The molecule has 0 saturated heterocycles. The molecule has 0 amide bonds. The van der Waals surface area contributed by atoms with Gasteiger partial charge in [-0.3, -0.25) is 14.6 Å². The van der Waals surface area contributed by atoms with Gasteiger partial charge in [0.05, 0.1) is 11.3 Å². The number of hydrogen-bond donors (Lipinski definition) is 1. The van der Waals surface area contributed by atoms with Gasteiger partial charge in [0.2, 0.25) is 0 Å². The molecule has 0 aromatic heterocycles. The first-order valence-corrected chi connectivity index (χ1v) is 6.63. The zero-order valence-electron chi connectivity index (χ0n) is 11.4. The van der Waals surface area contributed by atoms with E-state index in [1.54, 1.807) is 24.3 Å². The van der Waals surface area contributed by atoms with Crippen molar-refractivity contribution in [2.75, 3.05) is 0 Å². The molecule has 1 aliphatic carbocycles. The molecule has 0 fully saturated rings. The van der Waals surface area contributed by atoms with Gasteiger partial charge in [-0.15, -0.1) is 0 Å². The van der Waals surface area contributed by atoms with Gasteiger partial charge >= 0.3 is 5.97 Å². The number of hydrogen-bond acceptors (Lipinski definition) is 4. The maximum atomic E-state index is 12.2. The van der Waals surface area contributed by atoms with Crippen LogP contribution in [0.5, 0.6) is 0 Å². The lowest BCUT2D eigenvalue weighted by Crippen LogP contribution is -2.16. The van der Waals surface area contributed by atoms with E-state index in [-0.39, 0.29) is 17.1 Å². The smallest absolute Gasteiger partial charge is 0.335 e. The predicted molar refractivity (Wildman–Crippen MR) is 80.1 cm³/mol. The van der Waals surface area contributed by atoms with Gasteiger partial charge < -0.3 is 5.11 Å². The predicted octanol–water partition coefficient (Wildman–Crippen LogP) is 2.78. The topological polar surface area (TPSA) is 83.8 Å². The van der Waals surface area contributed by atoms with Crippen LogP contribution in [0.4, 0.5) is 5.69 Å². The lowest BCUT2D eigenvalue weighted by Gasteiger charge is -1.99. The minimum atomic E-state index is -1.02. The summed E-state index contributed by atoms with van der Waals surface area (Å²) in [6, 6.07) is 12.6. The van der Waals surface area contributed by atoms with Crippen LogP contribution < -0.4 is 0 Å². The fourth-order valence-corrected chi connectivity index (χ4v) is 2.35. The number of carboxylic acid groups (broad SMARTS) is 1. The van der Waals surface area contributed by atoms with Crippen molar-refractivity contribution < 1.29 is 19.5 Å². The molecule has 0 heterocycles. The molecule has 0 unspecified atom stereocenters. The number of rotatable bonds is 3. The van der Waals surface area contributed by atoms with Gasteiger partial charge in [-0.1, -0.05) is 24.3 Å². The number of carbonyl (C=O) groups excluding carboxylic acids is 2. The normalized spacial score (nSPS) is 14.5. The van der Waals surface area contributed by atoms with Crippen LogP contribution in [0.3, 0.4) is 0 Å². The first-order valence-electron chi connectivity index (χ1n) is 6.63. The second-order valence-corrected chi connectivity index (χ2v) is 4.88. The van der Waals surface area contributed by atoms with E-state index in [0.717, 1.165) is 0 Å². The van der Waals surface area contributed by atoms with Crippen LogP contribution in [0, 0.1) is 5.92 Å². The Morgan fingerprint density at radius 1 is 0.955 bits per heavy atom. The number of Topliss-reactive ketones (excluding diaryl/α,β-unsaturated/α-hetero) is 2. The standard InChI is InChI=1S/C17H11NO4/c19-15-12-3-1-2-4-13(12)16(20)14(15)9-18-11-7-5-10(6-8-11)17(21)22/h1-9,14H,(H,21,22). The van der Waals surface area contributed by atoms with Gasteiger partial charge in [0.1, 0.15) is 5.92 Å². The SMILES string of the molecule is O=C(O)c1ccc(N=CC2C(=O)c3ccccc3C2=O)cc1. The quantitative estimate of drug-likeness (QED) is 0.696. The molecule has 0 saturated carbocycles. The molecule has 2 aromatic rings. The zero-order chi connectivity index (χ0) is 15.7. The Morgan fingerprint density at radius 2 is 1.50 bits per heavy atom. The molecule has 0 atom stereocenters. The van der Waals surface area contributed by atoms with E-state index in [1.807, 2.05) is 0 Å². The molecule has 3 rings (SSSR count). The molecule has 108 valence electrons. The highest BCUT2D eigenvalue weighted by Gasteiger charge is 2.36. The largest absolute Gasteiger partial charge is 0.478 e. The molecular weight excluding hydrogens is 282 g/mol. The highest BCUT2D eigenvalue weighted by Crippen LogP contribution is 2.26. The lowest BCUT2D eigenvalue weighted by atomic mass is 10.1. The molecule has 5 heteroatoms. The maximum Gasteiger partial charge on any atom is 0.335 e. The van der Waals surface area contributed by atoms with Crippen LogP contribution in [-0.4, -0.2) is 28.9 Å². The van der Waals surface area contributed by atoms with Crippen molar-refractivity contribution in [2.24, 2.45) is 10.9 Å². The summed E-state index contributed by atoms with van der Waals surface area (Å²) in [5.41, 5.74) is 1.48. The highest BCUT2D eigenvalue weighted by atomic mass is 16.4. The Kier molecular flexibility index (Phi) is 3.39. The molecule has 0 radical (unpaired) electrons. The number of aromatic carboxylic acids is 1. The molecule has 0 aliphatic heterocycles. The first-order chi connectivity index (χ1) is 10.6. The minimum absolute atomic E-state index is 0.152. The molecule has 0 spiro atoms. The van der Waals surface area contributed by atoms with Crippen molar-refractivity contribution in [3.63, 3.8) is 0 Å². The Bertz CT molecular complexity index is 771. The fraction of sp³-hybridized carbons (Fsp3) is 0.0588. The van der Waals surface area contributed by atoms with Crippen molar-refractivity contribution in [1.29, 1.82) is 0 Å². The maximum absolute atomic E-state index is 12.2. The monoisotopic (exact) mass is 293 g/mol. The van der Waals surface area contributed by atoms with Crippen LogP contribution in [0.1, 0.15) is 31.1 Å². The zero-order valence-corrected chi connectivity index (χ0v) is 11.4. The van der Waals surface area contributed by atoms with Crippen LogP contribution in [0.15, 0.2) is 53.5 Å². The number of carbonyl (C=O) groups is 3. The lowest BCUT2D eigenvalue weighted by molar-refractivity contribution is 0.0696. The second-order valence-electron chi connectivity index (χ2n) is 4.88. The molecular formula is C17H11NO4. The molecule has 1 aliphatic rings. The van der Waals surface area contributed by atoms with Gasteiger partial charge in [-0.2, -0.15) is 0 Å². The van der Waals surface area contributed by atoms with E-state index in [4.69, 9.17) is 5.11 Å². The van der Waals surface area contributed by atoms with E-state index < -0.39 is 11.9 Å². The van der Waals surface area contributed by atoms with E-state index >= 15 is 0 Å². The Hall–Kier alpha value is -3.08. The number of nitrogens with zero attached hydrogens (tertiary/aromatic N) is 1. The van der Waals surface area contributed by atoms with Crippen LogP contribution in [-0.2, 0) is 0 Å². The number of carboxylic acids is 1. The summed E-state index contributed by atoms with van der Waals surface area (Å²) in [6.07, 6.45) is 1.32. The summed E-state index contributed by atoms with van der Waals surface area (Å²) in [5, 5.41) is 8.82. The molecule has 1 N–H and O–H groups in total. The Morgan fingerprint density at radius 3 is 2.00 bits per heavy atom. The van der Waals surface area contributed by atoms with Crippen LogP contribution in [0.25, 0.3) is 0 Å². The molecule has 0 bridgehead atoms. The van der Waals surface area contributed by atoms with E-state index in [2.05, 4.69) is 4.99 Å². The van der Waals surface area contributed by atoms with Gasteiger partial charge in [0.15, 0.2) is 11.6 Å². The van der Waals surface area contributed by atoms with Gasteiger partial charge in [-0.25, -0.2) is 4.79 Å². The molecule has 5 nitrogen and oxygen atoms in total. The van der Waals surface area contributed by atoms with Crippen molar-refractivity contribution in [1.82, 2.24) is 0 Å². The average Bonchev–Trinajstić information content (AvgIpc) is 2.78. The van der Waals surface area contributed by atoms with Gasteiger partial charge in [-0.05, 0) is 24.3 Å². The van der Waals surface area contributed by atoms with Gasteiger partial charge in [0.25, 0.3) is 0 Å². The summed E-state index contributed by atoms with van der Waals surface area (Å²) >= 11 is 0. The van der Waals surface area contributed by atoms with Gasteiger partial charge in [0, 0.05) is 17.3 Å². The van der Waals surface area contributed by atoms with E-state index in [1.165, 1.54) is 30.5 Å². The highest BCUT2D eigenvalue weighted by molar-refractivity contribution is 6.33. The Balaban J connectivity index is 1.83. The number of benzene rings is 2. The third kappa shape index (κ3) is 2.33. The van der Waals surface area contributed by atoms with E-state index in [9.17, 15) is 14.4 Å². The van der Waals surface area contributed by atoms with Crippen molar-refractivity contribution in [2.45, 2.75) is 0 Å². The summed E-state index contributed by atoms with van der Waals surface area (Å²) in [7, 11) is 0. The Labute approximate surface area is 125 Å².